The van der Waals surface area contributed by atoms with E-state index in [9.17, 15) is 40.3 Å². The Morgan fingerprint density at radius 2 is 1.81 bits per heavy atom. The van der Waals surface area contributed by atoms with Gasteiger partial charge in [0.1, 0.15) is 24.5 Å². The van der Waals surface area contributed by atoms with E-state index in [1.54, 1.807) is 5.32 Å². The van der Waals surface area contributed by atoms with Gasteiger partial charge >= 0.3 is 12.4 Å². The number of hydrogen-bond donors (Lipinski definition) is 2. The molecule has 194 valence electrons. The molecule has 0 spiro atoms. The average molecular weight is 541 g/mol. The highest BCUT2D eigenvalue weighted by molar-refractivity contribution is 6.31. The molecule has 2 amide bonds. The molecule has 0 atom stereocenters. The zero-order chi connectivity index (χ0) is 26.8. The lowest BCUT2D eigenvalue weighted by Crippen LogP contribution is -2.41. The van der Waals surface area contributed by atoms with E-state index >= 15 is 0 Å². The van der Waals surface area contributed by atoms with Crippen LogP contribution in [0.25, 0.3) is 0 Å². The van der Waals surface area contributed by atoms with E-state index in [-0.39, 0.29) is 17.8 Å². The highest BCUT2D eigenvalue weighted by Gasteiger charge is 2.34. The number of rotatable bonds is 6. The van der Waals surface area contributed by atoms with Crippen molar-refractivity contribution in [2.75, 3.05) is 24.7 Å². The van der Waals surface area contributed by atoms with Gasteiger partial charge in [-0.15, -0.1) is 0 Å². The molecule has 36 heavy (non-hydrogen) atoms. The Morgan fingerprint density at radius 1 is 1.11 bits per heavy atom. The van der Waals surface area contributed by atoms with Crippen LogP contribution in [0.1, 0.15) is 27.0 Å². The number of hydroxylamine groups is 1. The van der Waals surface area contributed by atoms with Crippen molar-refractivity contribution in [1.29, 1.82) is 0 Å². The molecular weight excluding hydrogens is 525 g/mol. The smallest absolute Gasteiger partial charge is 0.345 e. The van der Waals surface area contributed by atoms with Crippen LogP contribution in [0.3, 0.4) is 0 Å². The van der Waals surface area contributed by atoms with E-state index in [0.29, 0.717) is 23.3 Å². The van der Waals surface area contributed by atoms with E-state index in [1.165, 1.54) is 25.1 Å². The number of anilines is 1. The molecule has 2 aromatic carbocycles. The first-order chi connectivity index (χ1) is 16.7. The molecule has 7 nitrogen and oxygen atoms in total. The normalized spacial score (nSPS) is 13.8. The number of nitrogens with zero attached hydrogens (tertiary/aromatic N) is 2. The third-order valence-electron chi connectivity index (χ3n) is 4.85. The van der Waals surface area contributed by atoms with E-state index in [0.717, 1.165) is 5.06 Å². The predicted octanol–water partition coefficient (Wildman–Crippen LogP) is 4.37. The quantitative estimate of drug-likeness (QED) is 0.533. The number of halogens is 8. The van der Waals surface area contributed by atoms with E-state index in [2.05, 4.69) is 10.5 Å². The monoisotopic (exact) mass is 540 g/mol. The van der Waals surface area contributed by atoms with Crippen LogP contribution < -0.4 is 15.7 Å². The largest absolute Gasteiger partial charge is 0.416 e. The van der Waals surface area contributed by atoms with Gasteiger partial charge in [0.2, 0.25) is 5.91 Å². The van der Waals surface area contributed by atoms with Crippen molar-refractivity contribution in [3.63, 3.8) is 0 Å². The zero-order valence-corrected chi connectivity index (χ0v) is 18.9. The summed E-state index contributed by atoms with van der Waals surface area (Å²) in [4.78, 5) is 28.7. The lowest BCUT2D eigenvalue weighted by molar-refractivity contribution is -0.137. The SMILES string of the molecule is Cc1cc(C2=NON(c3cc(C(F)(F)F)cc(Cl)c3F)C2)ccc1C(=O)NCC(=O)NCC(F)(F)F. The fourth-order valence-electron chi connectivity index (χ4n) is 3.10. The second-order valence-electron chi connectivity index (χ2n) is 7.55. The van der Waals surface area contributed by atoms with Gasteiger partial charge in [0.25, 0.3) is 5.91 Å². The number of nitrogens with one attached hydrogen (secondary N) is 2. The van der Waals surface area contributed by atoms with Crippen LogP contribution >= 0.6 is 11.6 Å². The van der Waals surface area contributed by atoms with Crippen molar-refractivity contribution >= 4 is 34.8 Å². The number of benzene rings is 2. The molecular formula is C21H16ClF7N4O3. The summed E-state index contributed by atoms with van der Waals surface area (Å²) >= 11 is 5.60. The second kappa shape index (κ2) is 10.2. The Morgan fingerprint density at radius 3 is 2.42 bits per heavy atom. The third kappa shape index (κ3) is 6.56. The van der Waals surface area contributed by atoms with Crippen LogP contribution in [0.15, 0.2) is 35.5 Å². The highest BCUT2D eigenvalue weighted by Crippen LogP contribution is 2.37. The number of carbonyl (C=O) groups excluding carboxylic acids is 2. The molecule has 0 bridgehead atoms. The number of carbonyl (C=O) groups is 2. The Labute approximate surface area is 203 Å². The van der Waals surface area contributed by atoms with E-state index in [4.69, 9.17) is 16.5 Å². The van der Waals surface area contributed by atoms with Crippen LogP contribution in [0.4, 0.5) is 36.4 Å². The molecule has 3 rings (SSSR count). The maximum absolute atomic E-state index is 14.4. The summed E-state index contributed by atoms with van der Waals surface area (Å²) < 4.78 is 90.0. The molecule has 0 unspecified atom stereocenters. The molecule has 0 fully saturated rings. The van der Waals surface area contributed by atoms with Gasteiger partial charge in [0.05, 0.1) is 17.1 Å². The molecule has 0 aliphatic carbocycles. The highest BCUT2D eigenvalue weighted by atomic mass is 35.5. The Balaban J connectivity index is 1.67. The minimum atomic E-state index is -4.78. The van der Waals surface area contributed by atoms with E-state index in [1.807, 2.05) is 0 Å². The van der Waals surface area contributed by atoms with Crippen molar-refractivity contribution in [3.8, 4) is 0 Å². The minimum absolute atomic E-state index is 0.106. The lowest BCUT2D eigenvalue weighted by atomic mass is 10.0. The summed E-state index contributed by atoms with van der Waals surface area (Å²) in [5.74, 6) is -2.90. The minimum Gasteiger partial charge on any atom is -0.345 e. The Hall–Kier alpha value is -3.55. The van der Waals surface area contributed by atoms with Crippen molar-refractivity contribution in [3.05, 3.63) is 63.4 Å². The first-order valence-electron chi connectivity index (χ1n) is 9.96. The number of alkyl halides is 6. The maximum Gasteiger partial charge on any atom is 0.416 e. The molecule has 2 N–H and O–H groups in total. The van der Waals surface area contributed by atoms with Gasteiger partial charge in [0, 0.05) is 11.1 Å². The van der Waals surface area contributed by atoms with Crippen LogP contribution in [0.5, 0.6) is 0 Å². The topological polar surface area (TPSA) is 83.0 Å². The van der Waals surface area contributed by atoms with Gasteiger partial charge < -0.3 is 10.6 Å². The van der Waals surface area contributed by atoms with Crippen LogP contribution in [-0.2, 0) is 15.9 Å². The van der Waals surface area contributed by atoms with Crippen molar-refractivity contribution in [2.45, 2.75) is 19.3 Å². The number of amides is 2. The summed E-state index contributed by atoms with van der Waals surface area (Å²) in [6.07, 6.45) is -9.37. The third-order valence-corrected chi connectivity index (χ3v) is 5.12. The van der Waals surface area contributed by atoms with Gasteiger partial charge in [-0.1, -0.05) is 22.8 Å². The van der Waals surface area contributed by atoms with Gasteiger partial charge in [-0.3, -0.25) is 14.5 Å². The molecule has 0 radical (unpaired) electrons. The number of hydrogen-bond acceptors (Lipinski definition) is 5. The molecule has 15 heteroatoms. The standard InChI is InChI=1S/C21H16ClF7N4O3/c1-10-4-11(2-3-13(10)19(35)30-7-17(34)31-9-20(24,25)26)15-8-33(36-32-15)16-6-12(21(27,28)29)5-14(22)18(16)23/h2-6H,7-9H2,1H3,(H,30,35)(H,31,34). The fourth-order valence-corrected chi connectivity index (χ4v) is 3.31. The maximum atomic E-state index is 14.4. The summed E-state index contributed by atoms with van der Waals surface area (Å²) in [7, 11) is 0. The molecule has 2 aromatic rings. The summed E-state index contributed by atoms with van der Waals surface area (Å²) in [5, 5.41) is 7.58. The Bertz CT molecular complexity index is 1220. The lowest BCUT2D eigenvalue weighted by Gasteiger charge is -2.18. The van der Waals surface area contributed by atoms with Crippen LogP contribution in [0.2, 0.25) is 5.02 Å². The molecule has 1 aliphatic rings. The summed E-state index contributed by atoms with van der Waals surface area (Å²) in [5.41, 5.74) is -0.675. The van der Waals surface area contributed by atoms with Crippen molar-refractivity contribution in [2.24, 2.45) is 5.16 Å². The van der Waals surface area contributed by atoms with Gasteiger partial charge in [0.15, 0.2) is 5.82 Å². The van der Waals surface area contributed by atoms with Gasteiger partial charge in [-0.25, -0.2) is 4.39 Å². The average Bonchev–Trinajstić information content (AvgIpc) is 3.26. The van der Waals surface area contributed by atoms with Crippen molar-refractivity contribution in [1.82, 2.24) is 10.6 Å². The number of oxime groups is 1. The molecule has 0 saturated heterocycles. The Kier molecular flexibility index (Phi) is 7.67. The number of aryl methyl sites for hydroxylation is 1. The fraction of sp³-hybridized carbons (Fsp3) is 0.286. The molecule has 1 heterocycles. The first-order valence-corrected chi connectivity index (χ1v) is 10.3. The van der Waals surface area contributed by atoms with Crippen molar-refractivity contribution < 1.29 is 45.3 Å². The van der Waals surface area contributed by atoms with E-state index < -0.39 is 59.3 Å². The van der Waals surface area contributed by atoms with Crippen LogP contribution in [-0.4, -0.2) is 43.3 Å². The van der Waals surface area contributed by atoms with Crippen LogP contribution in [0, 0.1) is 12.7 Å². The van der Waals surface area contributed by atoms with Gasteiger partial charge in [-0.2, -0.15) is 31.4 Å². The van der Waals surface area contributed by atoms with Gasteiger partial charge in [-0.05, 0) is 36.8 Å². The first kappa shape index (κ1) is 27.0. The summed E-state index contributed by atoms with van der Waals surface area (Å²) in [6.45, 7) is -0.939. The second-order valence-corrected chi connectivity index (χ2v) is 7.96. The predicted molar refractivity (Wildman–Crippen MR) is 114 cm³/mol. The molecule has 0 aromatic heterocycles. The molecule has 1 aliphatic heterocycles. The molecule has 0 saturated carbocycles. The summed E-state index contributed by atoms with van der Waals surface area (Å²) in [6, 6.07) is 5.24. The zero-order valence-electron chi connectivity index (χ0n) is 18.2.